The summed E-state index contributed by atoms with van der Waals surface area (Å²) in [6.07, 6.45) is 4.01. The molecule has 2 rings (SSSR count). The molecular weight excluding hydrogens is 311 g/mol. The van der Waals surface area contributed by atoms with Gasteiger partial charge in [0.05, 0.1) is 5.69 Å². The Morgan fingerprint density at radius 2 is 2.16 bits per heavy atom. The van der Waals surface area contributed by atoms with Gasteiger partial charge in [0.25, 0.3) is 9.05 Å². The molecule has 0 aliphatic rings. The number of hydrogen-bond acceptors (Lipinski definition) is 5. The second kappa shape index (κ2) is 5.44. The first-order valence-electron chi connectivity index (χ1n) is 5.43. The molecule has 0 radical (unpaired) electrons. The Kier molecular flexibility index (Phi) is 4.07. The minimum Gasteiger partial charge on any atom is -0.245 e. The first kappa shape index (κ1) is 14.2. The highest BCUT2D eigenvalue weighted by molar-refractivity contribution is 8.13. The highest BCUT2D eigenvalue weighted by Crippen LogP contribution is 2.30. The molecule has 102 valence electrons. The molecule has 0 spiro atoms. The molecule has 19 heavy (non-hydrogen) atoms. The van der Waals surface area contributed by atoms with Crippen LogP contribution in [0.15, 0.2) is 23.5 Å². The fourth-order valence-corrected chi connectivity index (χ4v) is 3.48. The van der Waals surface area contributed by atoms with E-state index in [0.717, 1.165) is 6.42 Å². The number of nitrogens with zero attached hydrogens (tertiary/aromatic N) is 4. The second-order valence-corrected chi connectivity index (χ2v) is 6.59. The van der Waals surface area contributed by atoms with Crippen molar-refractivity contribution in [3.8, 4) is 5.82 Å². The fraction of sp³-hybridized carbons (Fsp3) is 0.300. The van der Waals surface area contributed by atoms with Gasteiger partial charge < -0.3 is 0 Å². The molecule has 0 aromatic carbocycles. The average Bonchev–Trinajstić information content (AvgIpc) is 2.67. The van der Waals surface area contributed by atoms with Gasteiger partial charge in [0.15, 0.2) is 11.0 Å². The summed E-state index contributed by atoms with van der Waals surface area (Å²) < 4.78 is 24.4. The van der Waals surface area contributed by atoms with Crippen LogP contribution in [0.1, 0.15) is 19.0 Å². The van der Waals surface area contributed by atoms with Crippen molar-refractivity contribution in [3.05, 3.63) is 29.4 Å². The van der Waals surface area contributed by atoms with Gasteiger partial charge in [-0.15, -0.1) is 0 Å². The predicted molar refractivity (Wildman–Crippen MR) is 71.2 cm³/mol. The molecule has 0 fully saturated rings. The SMILES string of the molecule is CCCc1nn(-c2ccncn2)c(Cl)c1S(=O)(=O)Cl. The smallest absolute Gasteiger partial charge is 0.245 e. The molecule has 2 aromatic heterocycles. The van der Waals surface area contributed by atoms with Gasteiger partial charge in [0.1, 0.15) is 11.2 Å². The van der Waals surface area contributed by atoms with Crippen molar-refractivity contribution in [2.45, 2.75) is 24.7 Å². The molecule has 0 bridgehead atoms. The van der Waals surface area contributed by atoms with Crippen LogP contribution in [0.3, 0.4) is 0 Å². The molecule has 0 saturated heterocycles. The number of halogens is 2. The molecule has 0 N–H and O–H groups in total. The lowest BCUT2D eigenvalue weighted by molar-refractivity contribution is 0.608. The van der Waals surface area contributed by atoms with Crippen molar-refractivity contribution >= 4 is 31.3 Å². The first-order valence-corrected chi connectivity index (χ1v) is 8.12. The highest BCUT2D eigenvalue weighted by atomic mass is 35.7. The van der Waals surface area contributed by atoms with E-state index in [1.54, 1.807) is 6.07 Å². The molecule has 2 heterocycles. The van der Waals surface area contributed by atoms with E-state index in [9.17, 15) is 8.42 Å². The van der Waals surface area contributed by atoms with Crippen molar-refractivity contribution in [3.63, 3.8) is 0 Å². The monoisotopic (exact) mass is 320 g/mol. The Balaban J connectivity index is 2.66. The van der Waals surface area contributed by atoms with Gasteiger partial charge >= 0.3 is 0 Å². The van der Waals surface area contributed by atoms with Gasteiger partial charge in [-0.3, -0.25) is 0 Å². The summed E-state index contributed by atoms with van der Waals surface area (Å²) in [5.74, 6) is 0.379. The quantitative estimate of drug-likeness (QED) is 0.807. The summed E-state index contributed by atoms with van der Waals surface area (Å²) in [4.78, 5) is 7.59. The van der Waals surface area contributed by atoms with E-state index in [2.05, 4.69) is 15.1 Å². The maximum Gasteiger partial charge on any atom is 0.266 e. The zero-order chi connectivity index (χ0) is 14.0. The molecule has 0 saturated carbocycles. The largest absolute Gasteiger partial charge is 0.266 e. The van der Waals surface area contributed by atoms with Crippen LogP contribution in [-0.2, 0) is 15.5 Å². The summed E-state index contributed by atoms with van der Waals surface area (Å²) in [6.45, 7) is 1.91. The van der Waals surface area contributed by atoms with Crippen LogP contribution in [0.2, 0.25) is 5.15 Å². The van der Waals surface area contributed by atoms with Gasteiger partial charge in [-0.2, -0.15) is 5.10 Å². The summed E-state index contributed by atoms with van der Waals surface area (Å²) >= 11 is 6.06. The summed E-state index contributed by atoms with van der Waals surface area (Å²) in [6, 6.07) is 1.57. The molecular formula is C10H10Cl2N4O2S. The molecule has 6 nitrogen and oxygen atoms in total. The molecule has 0 unspecified atom stereocenters. The van der Waals surface area contributed by atoms with Crippen LogP contribution in [0.25, 0.3) is 5.82 Å². The molecule has 0 aliphatic carbocycles. The maximum absolute atomic E-state index is 11.6. The predicted octanol–water partition coefficient (Wildman–Crippen LogP) is 2.20. The lowest BCUT2D eigenvalue weighted by atomic mass is 10.2. The molecule has 0 amide bonds. The van der Waals surface area contributed by atoms with Gasteiger partial charge in [-0.05, 0) is 6.42 Å². The first-order chi connectivity index (χ1) is 8.95. The van der Waals surface area contributed by atoms with Crippen molar-refractivity contribution in [1.82, 2.24) is 19.7 Å². The number of aryl methyl sites for hydroxylation is 1. The van der Waals surface area contributed by atoms with Gasteiger partial charge in [0.2, 0.25) is 0 Å². The van der Waals surface area contributed by atoms with Crippen LogP contribution in [0.5, 0.6) is 0 Å². The zero-order valence-corrected chi connectivity index (χ0v) is 12.2. The zero-order valence-electron chi connectivity index (χ0n) is 9.92. The molecule has 9 heteroatoms. The van der Waals surface area contributed by atoms with Crippen LogP contribution in [0, 0.1) is 0 Å². The third-order valence-corrected chi connectivity index (χ3v) is 4.21. The number of rotatable bonds is 4. The Hall–Kier alpha value is -1.18. The van der Waals surface area contributed by atoms with E-state index in [1.165, 1.54) is 17.2 Å². The topological polar surface area (TPSA) is 77.7 Å². The van der Waals surface area contributed by atoms with Gasteiger partial charge in [0, 0.05) is 22.9 Å². The van der Waals surface area contributed by atoms with Crippen molar-refractivity contribution in [2.75, 3.05) is 0 Å². The average molecular weight is 321 g/mol. The van der Waals surface area contributed by atoms with Crippen LogP contribution < -0.4 is 0 Å². The molecule has 0 aliphatic heterocycles. The van der Waals surface area contributed by atoms with E-state index in [-0.39, 0.29) is 10.0 Å². The highest BCUT2D eigenvalue weighted by Gasteiger charge is 2.26. The van der Waals surface area contributed by atoms with Crippen molar-refractivity contribution < 1.29 is 8.42 Å². The maximum atomic E-state index is 11.6. The lowest BCUT2D eigenvalue weighted by Gasteiger charge is -2.00. The minimum absolute atomic E-state index is 0.0721. The summed E-state index contributed by atoms with van der Waals surface area (Å²) in [7, 11) is 1.45. The Labute approximate surface area is 119 Å². The standard InChI is InChI=1S/C10H10Cl2N4O2S/c1-2-3-7-9(19(12,17)18)10(11)16(15-7)8-4-5-13-6-14-8/h4-6H,2-3H2,1H3. The van der Waals surface area contributed by atoms with Crippen molar-refractivity contribution in [1.29, 1.82) is 0 Å². The summed E-state index contributed by atoms with van der Waals surface area (Å²) in [5, 5.41) is 4.09. The minimum atomic E-state index is -3.96. The van der Waals surface area contributed by atoms with E-state index in [4.69, 9.17) is 22.3 Å². The third-order valence-electron chi connectivity index (χ3n) is 2.37. The Bertz CT molecular complexity index is 685. The third kappa shape index (κ3) is 2.88. The number of hydrogen-bond donors (Lipinski definition) is 0. The van der Waals surface area contributed by atoms with Crippen LogP contribution in [-0.4, -0.2) is 28.2 Å². The normalized spacial score (nSPS) is 11.7. The molecule has 2 aromatic rings. The molecule has 0 atom stereocenters. The van der Waals surface area contributed by atoms with E-state index >= 15 is 0 Å². The van der Waals surface area contributed by atoms with E-state index in [1.807, 2.05) is 6.92 Å². The lowest BCUT2D eigenvalue weighted by Crippen LogP contribution is -2.00. The Morgan fingerprint density at radius 3 is 2.68 bits per heavy atom. The summed E-state index contributed by atoms with van der Waals surface area (Å²) in [5.41, 5.74) is 0.334. The van der Waals surface area contributed by atoms with Crippen LogP contribution in [0.4, 0.5) is 0 Å². The second-order valence-electron chi connectivity index (χ2n) is 3.73. The van der Waals surface area contributed by atoms with E-state index in [0.29, 0.717) is 17.9 Å². The van der Waals surface area contributed by atoms with Crippen molar-refractivity contribution in [2.24, 2.45) is 0 Å². The number of aromatic nitrogens is 4. The van der Waals surface area contributed by atoms with Gasteiger partial charge in [-0.25, -0.2) is 23.1 Å². The van der Waals surface area contributed by atoms with E-state index < -0.39 is 9.05 Å². The van der Waals surface area contributed by atoms with Crippen LogP contribution >= 0.6 is 22.3 Å². The Morgan fingerprint density at radius 1 is 1.42 bits per heavy atom. The fourth-order valence-electron chi connectivity index (χ4n) is 1.63. The van der Waals surface area contributed by atoms with Gasteiger partial charge in [-0.1, -0.05) is 24.9 Å².